The predicted octanol–water partition coefficient (Wildman–Crippen LogP) is 2.58. The fraction of sp³-hybridized carbons (Fsp3) is 0.357. The third kappa shape index (κ3) is 4.13. The van der Waals surface area contributed by atoms with Gasteiger partial charge in [-0.15, -0.1) is 0 Å². The molecule has 0 fully saturated rings. The molecule has 0 unspecified atom stereocenters. The maximum Gasteiger partial charge on any atom is 0.336 e. The van der Waals surface area contributed by atoms with Crippen molar-refractivity contribution >= 4 is 5.97 Å². The molecule has 0 aromatic heterocycles. The molecule has 0 aliphatic carbocycles. The molecule has 18 heavy (non-hydrogen) atoms. The molecule has 0 spiro atoms. The first-order chi connectivity index (χ1) is 8.69. The van der Waals surface area contributed by atoms with Crippen molar-refractivity contribution in [2.45, 2.75) is 13.8 Å². The number of para-hydroxylation sites is 2. The maximum atomic E-state index is 11.3. The molecule has 0 aliphatic heterocycles. The van der Waals surface area contributed by atoms with Crippen molar-refractivity contribution in [1.29, 1.82) is 0 Å². The largest absolute Gasteiger partial charge is 0.490 e. The molecule has 0 N–H and O–H groups in total. The van der Waals surface area contributed by atoms with E-state index in [-0.39, 0.29) is 12.2 Å². The van der Waals surface area contributed by atoms with Crippen molar-refractivity contribution in [2.24, 2.45) is 0 Å². The molecule has 0 atom stereocenters. The lowest BCUT2D eigenvalue weighted by molar-refractivity contribution is -0.138. The molecule has 4 heteroatoms. The first-order valence-electron chi connectivity index (χ1n) is 5.88. The van der Waals surface area contributed by atoms with E-state index in [4.69, 9.17) is 14.2 Å². The average molecular weight is 250 g/mol. The van der Waals surface area contributed by atoms with Crippen LogP contribution in [0.3, 0.4) is 0 Å². The highest BCUT2D eigenvalue weighted by Crippen LogP contribution is 2.26. The first kappa shape index (κ1) is 14.1. The molecule has 0 saturated heterocycles. The molecular weight excluding hydrogens is 232 g/mol. The van der Waals surface area contributed by atoms with E-state index in [0.29, 0.717) is 24.7 Å². The molecule has 1 rings (SSSR count). The van der Waals surface area contributed by atoms with Gasteiger partial charge in [0.1, 0.15) is 6.61 Å². The number of benzene rings is 1. The van der Waals surface area contributed by atoms with Crippen molar-refractivity contribution in [3.05, 3.63) is 36.4 Å². The standard InChI is InChI=1S/C14H18O4/c1-4-16-12-8-6-7-9-13(12)18-10-11(3)14(15)17-5-2/h6-9H,3-5,10H2,1-2H3. The van der Waals surface area contributed by atoms with Crippen LogP contribution in [0.15, 0.2) is 36.4 Å². The van der Waals surface area contributed by atoms with E-state index >= 15 is 0 Å². The molecule has 0 saturated carbocycles. The second kappa shape index (κ2) is 7.37. The van der Waals surface area contributed by atoms with E-state index in [0.717, 1.165) is 0 Å². The van der Waals surface area contributed by atoms with Gasteiger partial charge in [-0.1, -0.05) is 18.7 Å². The highest BCUT2D eigenvalue weighted by Gasteiger charge is 2.10. The molecule has 0 heterocycles. The summed E-state index contributed by atoms with van der Waals surface area (Å²) in [7, 11) is 0. The highest BCUT2D eigenvalue weighted by molar-refractivity contribution is 5.88. The minimum atomic E-state index is -0.439. The monoisotopic (exact) mass is 250 g/mol. The van der Waals surface area contributed by atoms with Crippen LogP contribution in [0.25, 0.3) is 0 Å². The molecule has 0 amide bonds. The molecule has 0 aliphatic rings. The fourth-order valence-corrected chi connectivity index (χ4v) is 1.30. The SMILES string of the molecule is C=C(COc1ccccc1OCC)C(=O)OCC. The quantitative estimate of drug-likeness (QED) is 0.551. The Morgan fingerprint density at radius 2 is 1.72 bits per heavy atom. The van der Waals surface area contributed by atoms with E-state index in [1.54, 1.807) is 13.0 Å². The molecule has 0 radical (unpaired) electrons. The number of rotatable bonds is 7. The lowest BCUT2D eigenvalue weighted by atomic mass is 10.3. The Bertz CT molecular complexity index is 412. The van der Waals surface area contributed by atoms with Crippen molar-refractivity contribution in [3.63, 3.8) is 0 Å². The summed E-state index contributed by atoms with van der Waals surface area (Å²) in [6, 6.07) is 7.29. The van der Waals surface area contributed by atoms with Crippen LogP contribution in [0.5, 0.6) is 11.5 Å². The Hall–Kier alpha value is -1.97. The number of hydrogen-bond donors (Lipinski definition) is 0. The lowest BCUT2D eigenvalue weighted by Crippen LogP contribution is -2.13. The number of carbonyl (C=O) groups is 1. The zero-order valence-electron chi connectivity index (χ0n) is 10.8. The summed E-state index contributed by atoms with van der Waals surface area (Å²) in [6.45, 7) is 8.23. The van der Waals surface area contributed by atoms with E-state index in [1.165, 1.54) is 0 Å². The fourth-order valence-electron chi connectivity index (χ4n) is 1.30. The lowest BCUT2D eigenvalue weighted by Gasteiger charge is -2.12. The second-order valence-corrected chi connectivity index (χ2v) is 3.49. The van der Waals surface area contributed by atoms with Gasteiger partial charge in [-0.05, 0) is 26.0 Å². The van der Waals surface area contributed by atoms with Gasteiger partial charge in [-0.25, -0.2) is 4.79 Å². The molecule has 1 aromatic rings. The number of hydrogen-bond acceptors (Lipinski definition) is 4. The van der Waals surface area contributed by atoms with Crippen LogP contribution in [-0.2, 0) is 9.53 Å². The normalized spacial score (nSPS) is 9.67. The van der Waals surface area contributed by atoms with E-state index in [1.807, 2.05) is 25.1 Å². The van der Waals surface area contributed by atoms with E-state index in [9.17, 15) is 4.79 Å². The summed E-state index contributed by atoms with van der Waals surface area (Å²) < 4.78 is 15.7. The minimum Gasteiger partial charge on any atom is -0.490 e. The van der Waals surface area contributed by atoms with Crippen molar-refractivity contribution < 1.29 is 19.0 Å². The molecule has 4 nitrogen and oxygen atoms in total. The van der Waals surface area contributed by atoms with E-state index < -0.39 is 5.97 Å². The minimum absolute atomic E-state index is 0.0862. The van der Waals surface area contributed by atoms with Gasteiger partial charge in [0.2, 0.25) is 0 Å². The van der Waals surface area contributed by atoms with Crippen LogP contribution in [0.2, 0.25) is 0 Å². The maximum absolute atomic E-state index is 11.3. The zero-order chi connectivity index (χ0) is 13.4. The Morgan fingerprint density at radius 1 is 1.11 bits per heavy atom. The topological polar surface area (TPSA) is 44.8 Å². The van der Waals surface area contributed by atoms with Gasteiger partial charge >= 0.3 is 5.97 Å². The second-order valence-electron chi connectivity index (χ2n) is 3.49. The predicted molar refractivity (Wildman–Crippen MR) is 68.9 cm³/mol. The van der Waals surface area contributed by atoms with Crippen molar-refractivity contribution in [2.75, 3.05) is 19.8 Å². The number of ether oxygens (including phenoxy) is 3. The summed E-state index contributed by atoms with van der Waals surface area (Å²) >= 11 is 0. The Kier molecular flexibility index (Phi) is 5.77. The van der Waals surface area contributed by atoms with Gasteiger partial charge in [0.25, 0.3) is 0 Å². The Morgan fingerprint density at radius 3 is 2.28 bits per heavy atom. The Balaban J connectivity index is 2.57. The third-order valence-corrected chi connectivity index (χ3v) is 2.12. The molecule has 0 bridgehead atoms. The molecule has 1 aromatic carbocycles. The van der Waals surface area contributed by atoms with Crippen LogP contribution in [0.1, 0.15) is 13.8 Å². The summed E-state index contributed by atoms with van der Waals surface area (Å²) in [4.78, 5) is 11.3. The highest BCUT2D eigenvalue weighted by atomic mass is 16.5. The summed E-state index contributed by atoms with van der Waals surface area (Å²) in [6.07, 6.45) is 0. The van der Waals surface area contributed by atoms with Crippen molar-refractivity contribution in [3.8, 4) is 11.5 Å². The summed E-state index contributed by atoms with van der Waals surface area (Å²) in [5, 5.41) is 0. The van der Waals surface area contributed by atoms with Crippen LogP contribution in [0.4, 0.5) is 0 Å². The van der Waals surface area contributed by atoms with Gasteiger partial charge in [-0.3, -0.25) is 0 Å². The van der Waals surface area contributed by atoms with Gasteiger partial charge in [0.15, 0.2) is 11.5 Å². The smallest absolute Gasteiger partial charge is 0.336 e. The van der Waals surface area contributed by atoms with Crippen LogP contribution >= 0.6 is 0 Å². The third-order valence-electron chi connectivity index (χ3n) is 2.12. The van der Waals surface area contributed by atoms with Gasteiger partial charge in [0.05, 0.1) is 18.8 Å². The zero-order valence-corrected chi connectivity index (χ0v) is 10.8. The molecular formula is C14H18O4. The summed E-state index contributed by atoms with van der Waals surface area (Å²) in [5.74, 6) is 0.799. The number of carbonyl (C=O) groups excluding carboxylic acids is 1. The van der Waals surface area contributed by atoms with Gasteiger partial charge in [0, 0.05) is 0 Å². The summed E-state index contributed by atoms with van der Waals surface area (Å²) in [5.41, 5.74) is 0.281. The first-order valence-corrected chi connectivity index (χ1v) is 5.88. The van der Waals surface area contributed by atoms with Gasteiger partial charge in [-0.2, -0.15) is 0 Å². The Labute approximate surface area is 107 Å². The van der Waals surface area contributed by atoms with Gasteiger partial charge < -0.3 is 14.2 Å². The number of esters is 1. The average Bonchev–Trinajstić information content (AvgIpc) is 2.38. The van der Waals surface area contributed by atoms with Crippen LogP contribution in [-0.4, -0.2) is 25.8 Å². The van der Waals surface area contributed by atoms with Crippen LogP contribution in [0, 0.1) is 0 Å². The molecule has 98 valence electrons. The van der Waals surface area contributed by atoms with E-state index in [2.05, 4.69) is 6.58 Å². The van der Waals surface area contributed by atoms with Crippen LogP contribution < -0.4 is 9.47 Å². The van der Waals surface area contributed by atoms with Crippen molar-refractivity contribution in [1.82, 2.24) is 0 Å².